The molecule has 4 heteroatoms. The van der Waals surface area contributed by atoms with Gasteiger partial charge >= 0.3 is 0 Å². The molecule has 2 rings (SSSR count). The summed E-state index contributed by atoms with van der Waals surface area (Å²) in [5, 5.41) is 8.74. The van der Waals surface area contributed by atoms with Crippen LogP contribution in [0.5, 0.6) is 0 Å². The van der Waals surface area contributed by atoms with Crippen LogP contribution in [0.3, 0.4) is 0 Å². The van der Waals surface area contributed by atoms with Gasteiger partial charge < -0.3 is 5.32 Å². The number of rotatable bonds is 2. The molecule has 1 fully saturated rings. The molecular formula is C12H20ClN3. The van der Waals surface area contributed by atoms with Gasteiger partial charge in [0.15, 0.2) is 0 Å². The lowest BCUT2D eigenvalue weighted by molar-refractivity contribution is 0.441. The minimum Gasteiger partial charge on any atom is -0.309 e. The third kappa shape index (κ3) is 2.41. The Morgan fingerprint density at radius 2 is 2.25 bits per heavy atom. The molecule has 1 atom stereocenters. The van der Waals surface area contributed by atoms with Gasteiger partial charge in [-0.2, -0.15) is 5.10 Å². The van der Waals surface area contributed by atoms with Crippen LogP contribution in [-0.4, -0.2) is 16.3 Å². The maximum absolute atomic E-state index is 6.25. The molecule has 0 aliphatic carbocycles. The molecule has 1 aliphatic heterocycles. The molecule has 90 valence electrons. The van der Waals surface area contributed by atoms with Crippen molar-refractivity contribution in [3.05, 3.63) is 16.9 Å². The van der Waals surface area contributed by atoms with Crippen molar-refractivity contribution in [2.24, 2.45) is 0 Å². The van der Waals surface area contributed by atoms with Gasteiger partial charge in [-0.3, -0.25) is 4.68 Å². The van der Waals surface area contributed by atoms with Gasteiger partial charge in [0, 0.05) is 6.04 Å². The van der Waals surface area contributed by atoms with E-state index in [9.17, 15) is 0 Å². The SMILES string of the molecule is CC(C)n1ncc(Cl)c1C1CCCCCN1. The topological polar surface area (TPSA) is 29.9 Å². The van der Waals surface area contributed by atoms with E-state index in [0.29, 0.717) is 12.1 Å². The highest BCUT2D eigenvalue weighted by Gasteiger charge is 2.22. The molecule has 1 aromatic heterocycles. The molecule has 1 unspecified atom stereocenters. The van der Waals surface area contributed by atoms with E-state index in [1.54, 1.807) is 6.20 Å². The van der Waals surface area contributed by atoms with Gasteiger partial charge in [0.25, 0.3) is 0 Å². The third-order valence-electron chi connectivity index (χ3n) is 3.17. The Morgan fingerprint density at radius 1 is 1.44 bits per heavy atom. The van der Waals surface area contributed by atoms with Crippen molar-refractivity contribution < 1.29 is 0 Å². The average Bonchev–Trinajstić information content (AvgIpc) is 2.50. The summed E-state index contributed by atoms with van der Waals surface area (Å²) in [6, 6.07) is 0.743. The molecule has 0 saturated carbocycles. The van der Waals surface area contributed by atoms with E-state index in [-0.39, 0.29) is 0 Å². The first-order valence-electron chi connectivity index (χ1n) is 6.16. The van der Waals surface area contributed by atoms with E-state index < -0.39 is 0 Å². The Labute approximate surface area is 102 Å². The Balaban J connectivity index is 2.26. The predicted octanol–water partition coefficient (Wildman–Crippen LogP) is 3.32. The number of nitrogens with one attached hydrogen (secondary N) is 1. The standard InChI is InChI=1S/C12H20ClN3/c1-9(2)16-12(10(13)8-15-16)11-6-4-3-5-7-14-11/h8-9,11,14H,3-7H2,1-2H3. The summed E-state index contributed by atoms with van der Waals surface area (Å²) in [5.74, 6) is 0. The Morgan fingerprint density at radius 3 is 3.00 bits per heavy atom. The monoisotopic (exact) mass is 241 g/mol. The average molecular weight is 242 g/mol. The second kappa shape index (κ2) is 5.19. The lowest BCUT2D eigenvalue weighted by Gasteiger charge is -2.20. The number of hydrogen-bond acceptors (Lipinski definition) is 2. The van der Waals surface area contributed by atoms with Crippen LogP contribution in [0.2, 0.25) is 5.02 Å². The fraction of sp³-hybridized carbons (Fsp3) is 0.750. The summed E-state index contributed by atoms with van der Waals surface area (Å²) in [4.78, 5) is 0. The van der Waals surface area contributed by atoms with Crippen molar-refractivity contribution in [2.75, 3.05) is 6.54 Å². The van der Waals surface area contributed by atoms with Gasteiger partial charge in [0.1, 0.15) is 0 Å². The maximum Gasteiger partial charge on any atom is 0.0834 e. The summed E-state index contributed by atoms with van der Waals surface area (Å²) in [7, 11) is 0. The van der Waals surface area contributed by atoms with Crippen molar-refractivity contribution in [1.29, 1.82) is 0 Å². The molecule has 0 aromatic carbocycles. The van der Waals surface area contributed by atoms with E-state index in [1.165, 1.54) is 25.0 Å². The van der Waals surface area contributed by atoms with Gasteiger partial charge in [-0.1, -0.05) is 24.4 Å². The van der Waals surface area contributed by atoms with E-state index in [4.69, 9.17) is 11.6 Å². The second-order valence-corrected chi connectivity index (χ2v) is 5.18. The Hall–Kier alpha value is -0.540. The van der Waals surface area contributed by atoms with Crippen LogP contribution in [0, 0.1) is 0 Å². The zero-order valence-electron chi connectivity index (χ0n) is 10.0. The van der Waals surface area contributed by atoms with E-state index in [2.05, 4.69) is 24.3 Å². The first-order valence-corrected chi connectivity index (χ1v) is 6.54. The maximum atomic E-state index is 6.25. The molecule has 2 heterocycles. The molecule has 0 amide bonds. The fourth-order valence-electron chi connectivity index (χ4n) is 2.35. The number of nitrogens with zero attached hydrogens (tertiary/aromatic N) is 2. The molecule has 1 aliphatic rings. The molecular weight excluding hydrogens is 222 g/mol. The molecule has 0 bridgehead atoms. The first-order chi connectivity index (χ1) is 7.70. The van der Waals surface area contributed by atoms with Crippen LogP contribution in [0.4, 0.5) is 0 Å². The third-order valence-corrected chi connectivity index (χ3v) is 3.46. The van der Waals surface area contributed by atoms with E-state index >= 15 is 0 Å². The van der Waals surface area contributed by atoms with Crippen LogP contribution < -0.4 is 5.32 Å². The largest absolute Gasteiger partial charge is 0.309 e. The van der Waals surface area contributed by atoms with Crippen molar-refractivity contribution in [1.82, 2.24) is 15.1 Å². The molecule has 1 saturated heterocycles. The highest BCUT2D eigenvalue weighted by atomic mass is 35.5. The molecule has 1 aromatic rings. The van der Waals surface area contributed by atoms with Crippen molar-refractivity contribution in [2.45, 2.75) is 51.6 Å². The zero-order valence-corrected chi connectivity index (χ0v) is 10.8. The lowest BCUT2D eigenvalue weighted by atomic mass is 10.1. The smallest absolute Gasteiger partial charge is 0.0834 e. The molecule has 3 nitrogen and oxygen atoms in total. The van der Waals surface area contributed by atoms with Crippen LogP contribution in [0.1, 0.15) is 57.3 Å². The summed E-state index contributed by atoms with van der Waals surface area (Å²) in [6.45, 7) is 5.37. The number of aromatic nitrogens is 2. The zero-order chi connectivity index (χ0) is 11.5. The number of hydrogen-bond donors (Lipinski definition) is 1. The van der Waals surface area contributed by atoms with Crippen LogP contribution in [0.25, 0.3) is 0 Å². The van der Waals surface area contributed by atoms with Crippen LogP contribution >= 0.6 is 11.6 Å². The molecule has 16 heavy (non-hydrogen) atoms. The minimum atomic E-state index is 0.368. The van der Waals surface area contributed by atoms with Crippen LogP contribution in [-0.2, 0) is 0 Å². The normalized spacial score (nSPS) is 22.4. The molecule has 0 radical (unpaired) electrons. The quantitative estimate of drug-likeness (QED) is 0.861. The van der Waals surface area contributed by atoms with Gasteiger partial charge in [0.05, 0.1) is 23.0 Å². The number of halogens is 1. The first kappa shape index (κ1) is 11.9. The van der Waals surface area contributed by atoms with Crippen molar-refractivity contribution >= 4 is 11.6 Å². The lowest BCUT2D eigenvalue weighted by Crippen LogP contribution is -2.24. The van der Waals surface area contributed by atoms with E-state index in [0.717, 1.165) is 18.0 Å². The minimum absolute atomic E-state index is 0.368. The highest BCUT2D eigenvalue weighted by Crippen LogP contribution is 2.30. The fourth-order valence-corrected chi connectivity index (χ4v) is 2.61. The Kier molecular flexibility index (Phi) is 3.87. The van der Waals surface area contributed by atoms with Crippen molar-refractivity contribution in [3.63, 3.8) is 0 Å². The summed E-state index contributed by atoms with van der Waals surface area (Å²) in [6.07, 6.45) is 6.79. The van der Waals surface area contributed by atoms with Crippen molar-refractivity contribution in [3.8, 4) is 0 Å². The van der Waals surface area contributed by atoms with Crippen LogP contribution in [0.15, 0.2) is 6.20 Å². The summed E-state index contributed by atoms with van der Waals surface area (Å²) < 4.78 is 2.05. The van der Waals surface area contributed by atoms with E-state index in [1.807, 2.05) is 4.68 Å². The summed E-state index contributed by atoms with van der Waals surface area (Å²) >= 11 is 6.25. The van der Waals surface area contributed by atoms with Gasteiger partial charge in [0.2, 0.25) is 0 Å². The van der Waals surface area contributed by atoms with Gasteiger partial charge in [-0.25, -0.2) is 0 Å². The Bertz CT molecular complexity index is 338. The molecule has 0 spiro atoms. The second-order valence-electron chi connectivity index (χ2n) is 4.77. The van der Waals surface area contributed by atoms with Gasteiger partial charge in [-0.15, -0.1) is 0 Å². The molecule has 1 N–H and O–H groups in total. The predicted molar refractivity (Wildman–Crippen MR) is 66.8 cm³/mol. The highest BCUT2D eigenvalue weighted by molar-refractivity contribution is 6.31. The summed E-state index contributed by atoms with van der Waals surface area (Å²) in [5.41, 5.74) is 1.17. The van der Waals surface area contributed by atoms with Gasteiger partial charge in [-0.05, 0) is 33.2 Å².